The van der Waals surface area contributed by atoms with Gasteiger partial charge in [-0.1, -0.05) is 79.7 Å². The summed E-state index contributed by atoms with van der Waals surface area (Å²) in [5.41, 5.74) is 6.39. The van der Waals surface area contributed by atoms with Gasteiger partial charge in [-0.15, -0.1) is 0 Å². The number of hydrogen-bond donors (Lipinski definition) is 1. The maximum absolute atomic E-state index is 11.8. The largest absolute Gasteiger partial charge is 0.469 e. The fraction of sp³-hybridized carbons (Fsp3) is 0.167. The standard InChI is InChI=1S/C20H15NO2.C4H8O2/c22-20(21-19-17-7-4-8-18(17)19)23-13-14-9-11-16(12-10-14)15-5-2-1-3-6-15;1-3-4(5)6-2/h1-12H,13H2,(H,21,22);3H2,1-2H3. The number of carbonyl (C=O) groups excluding carboxylic acids is 2. The van der Waals surface area contributed by atoms with Gasteiger partial charge in [0.25, 0.3) is 0 Å². The first kappa shape index (κ1) is 20.1. The highest BCUT2D eigenvalue weighted by Gasteiger charge is 2.25. The van der Waals surface area contributed by atoms with Crippen molar-refractivity contribution in [3.05, 3.63) is 78.4 Å². The van der Waals surface area contributed by atoms with Gasteiger partial charge >= 0.3 is 12.1 Å². The lowest BCUT2D eigenvalue weighted by Gasteiger charge is -2.06. The van der Waals surface area contributed by atoms with Gasteiger partial charge in [0.1, 0.15) is 6.61 Å². The van der Waals surface area contributed by atoms with Crippen LogP contribution in [0.5, 0.6) is 0 Å². The molecule has 0 saturated carbocycles. The minimum Gasteiger partial charge on any atom is -0.469 e. The SMILES string of the molecule is CCC(=O)OC.O=C(Nc1c2cccc1-2)OCc1ccc(-c2ccccc2)cc1. The maximum atomic E-state index is 11.8. The van der Waals surface area contributed by atoms with Gasteiger partial charge < -0.3 is 9.47 Å². The molecule has 1 N–H and O–H groups in total. The van der Waals surface area contributed by atoms with E-state index in [1.165, 1.54) is 12.7 Å². The highest BCUT2D eigenvalue weighted by atomic mass is 16.5. The zero-order chi connectivity index (χ0) is 20.6. The summed E-state index contributed by atoms with van der Waals surface area (Å²) in [4.78, 5) is 21.7. The first-order chi connectivity index (χ1) is 14.1. The number of carbonyl (C=O) groups is 2. The smallest absolute Gasteiger partial charge is 0.411 e. The second-order valence-electron chi connectivity index (χ2n) is 6.42. The van der Waals surface area contributed by atoms with Crippen LogP contribution in [0.15, 0.2) is 72.8 Å². The summed E-state index contributed by atoms with van der Waals surface area (Å²) in [6.45, 7) is 2.02. The van der Waals surface area contributed by atoms with Gasteiger partial charge in [-0.3, -0.25) is 10.1 Å². The van der Waals surface area contributed by atoms with Crippen LogP contribution in [-0.4, -0.2) is 19.2 Å². The molecule has 148 valence electrons. The average Bonchev–Trinajstić information content (AvgIpc) is 3.18. The molecule has 2 aliphatic rings. The number of esters is 1. The molecular formula is C24H23NO4. The van der Waals surface area contributed by atoms with Gasteiger partial charge in [0.2, 0.25) is 0 Å². The van der Waals surface area contributed by atoms with Crippen LogP contribution >= 0.6 is 0 Å². The van der Waals surface area contributed by atoms with E-state index in [1.54, 1.807) is 6.92 Å². The zero-order valence-electron chi connectivity index (χ0n) is 16.5. The Bertz CT molecular complexity index is 955. The molecule has 29 heavy (non-hydrogen) atoms. The summed E-state index contributed by atoms with van der Waals surface area (Å²) in [6.07, 6.45) is 0.0552. The minimum absolute atomic E-state index is 0.157. The first-order valence-electron chi connectivity index (χ1n) is 9.40. The molecule has 0 aromatic heterocycles. The van der Waals surface area contributed by atoms with Crippen molar-refractivity contribution >= 4 is 17.7 Å². The molecule has 0 atom stereocenters. The Morgan fingerprint density at radius 2 is 1.45 bits per heavy atom. The Kier molecular flexibility index (Phi) is 6.63. The normalized spacial score (nSPS) is 10.3. The third-order valence-corrected chi connectivity index (χ3v) is 4.47. The van der Waals surface area contributed by atoms with Crippen LogP contribution in [0, 0.1) is 0 Å². The Morgan fingerprint density at radius 1 is 0.828 bits per heavy atom. The van der Waals surface area contributed by atoms with E-state index in [1.807, 2.05) is 60.7 Å². The number of para-hydroxylation sites is 1. The van der Waals surface area contributed by atoms with Crippen molar-refractivity contribution in [2.75, 3.05) is 12.4 Å². The summed E-state index contributed by atoms with van der Waals surface area (Å²) >= 11 is 0. The molecule has 4 rings (SSSR count). The number of anilines is 1. The van der Waals surface area contributed by atoms with Crippen LogP contribution in [-0.2, 0) is 20.9 Å². The fourth-order valence-corrected chi connectivity index (χ4v) is 2.79. The quantitative estimate of drug-likeness (QED) is 0.448. The van der Waals surface area contributed by atoms with Crippen molar-refractivity contribution in [2.24, 2.45) is 0 Å². The highest BCUT2D eigenvalue weighted by molar-refractivity contribution is 6.10. The summed E-state index contributed by atoms with van der Waals surface area (Å²) in [5, 5.41) is 2.76. The van der Waals surface area contributed by atoms with E-state index in [0.29, 0.717) is 6.42 Å². The molecule has 0 fully saturated rings. The van der Waals surface area contributed by atoms with E-state index in [0.717, 1.165) is 27.9 Å². The molecule has 2 aromatic carbocycles. The van der Waals surface area contributed by atoms with E-state index in [9.17, 15) is 9.59 Å². The minimum atomic E-state index is -0.414. The van der Waals surface area contributed by atoms with Gasteiger partial charge in [-0.25, -0.2) is 4.79 Å². The highest BCUT2D eigenvalue weighted by Crippen LogP contribution is 2.48. The molecule has 1 amide bonds. The van der Waals surface area contributed by atoms with E-state index in [2.05, 4.69) is 22.2 Å². The van der Waals surface area contributed by atoms with Gasteiger partial charge in [0, 0.05) is 17.5 Å². The number of benzene rings is 3. The number of hydrogen-bond acceptors (Lipinski definition) is 4. The average molecular weight is 389 g/mol. The number of ether oxygens (including phenoxy) is 2. The lowest BCUT2D eigenvalue weighted by molar-refractivity contribution is -0.140. The fourth-order valence-electron chi connectivity index (χ4n) is 2.79. The zero-order valence-corrected chi connectivity index (χ0v) is 16.5. The van der Waals surface area contributed by atoms with Crippen molar-refractivity contribution in [1.29, 1.82) is 0 Å². The maximum Gasteiger partial charge on any atom is 0.411 e. The number of fused-ring (bicyclic) bond motifs is 1. The van der Waals surface area contributed by atoms with Crippen molar-refractivity contribution in [3.63, 3.8) is 0 Å². The van der Waals surface area contributed by atoms with Gasteiger partial charge in [-0.05, 0) is 16.7 Å². The third kappa shape index (κ3) is 5.45. The van der Waals surface area contributed by atoms with Crippen LogP contribution in [0.25, 0.3) is 22.3 Å². The molecule has 0 saturated heterocycles. The molecule has 2 aromatic rings. The summed E-state index contributed by atoms with van der Waals surface area (Å²) in [7, 11) is 1.38. The molecule has 2 aliphatic carbocycles. The van der Waals surface area contributed by atoms with Crippen molar-refractivity contribution < 1.29 is 19.1 Å². The summed E-state index contributed by atoms with van der Waals surface area (Å²) in [6, 6.07) is 24.1. The van der Waals surface area contributed by atoms with Crippen molar-refractivity contribution in [1.82, 2.24) is 0 Å². The Labute approximate surface area is 170 Å². The predicted molar refractivity (Wildman–Crippen MR) is 113 cm³/mol. The lowest BCUT2D eigenvalue weighted by Crippen LogP contribution is -2.11. The van der Waals surface area contributed by atoms with Crippen LogP contribution < -0.4 is 5.32 Å². The predicted octanol–water partition coefficient (Wildman–Crippen LogP) is 5.65. The van der Waals surface area contributed by atoms with E-state index >= 15 is 0 Å². The second-order valence-corrected chi connectivity index (χ2v) is 6.42. The molecule has 0 aliphatic heterocycles. The molecule has 0 bridgehead atoms. The van der Waals surface area contributed by atoms with Crippen LogP contribution in [0.1, 0.15) is 18.9 Å². The number of methoxy groups -OCH3 is 1. The van der Waals surface area contributed by atoms with Gasteiger partial charge in [-0.2, -0.15) is 0 Å². The number of amides is 1. The molecule has 0 radical (unpaired) electrons. The van der Waals surface area contributed by atoms with Crippen molar-refractivity contribution in [2.45, 2.75) is 20.0 Å². The third-order valence-electron chi connectivity index (χ3n) is 4.47. The first-order valence-corrected chi connectivity index (χ1v) is 9.40. The Morgan fingerprint density at radius 3 is 2.00 bits per heavy atom. The molecule has 0 unspecified atom stereocenters. The van der Waals surface area contributed by atoms with E-state index in [4.69, 9.17) is 4.74 Å². The van der Waals surface area contributed by atoms with Crippen LogP contribution in [0.4, 0.5) is 10.5 Å². The Balaban J connectivity index is 0.000000353. The Hall–Kier alpha value is -3.60. The summed E-state index contributed by atoms with van der Waals surface area (Å²) < 4.78 is 9.51. The van der Waals surface area contributed by atoms with Gasteiger partial charge in [0.15, 0.2) is 0 Å². The van der Waals surface area contributed by atoms with Gasteiger partial charge in [0.05, 0.1) is 12.8 Å². The topological polar surface area (TPSA) is 64.6 Å². The summed E-state index contributed by atoms with van der Waals surface area (Å²) in [5.74, 6) is -0.157. The number of rotatable bonds is 5. The molecule has 5 heteroatoms. The molecule has 0 heterocycles. The monoisotopic (exact) mass is 389 g/mol. The molecule has 0 spiro atoms. The van der Waals surface area contributed by atoms with Crippen LogP contribution in [0.3, 0.4) is 0 Å². The second kappa shape index (κ2) is 9.55. The molecule has 5 nitrogen and oxygen atoms in total. The van der Waals surface area contributed by atoms with Crippen molar-refractivity contribution in [3.8, 4) is 22.3 Å². The lowest BCUT2D eigenvalue weighted by atomic mass is 10.0. The molecular weight excluding hydrogens is 366 g/mol. The van der Waals surface area contributed by atoms with Crippen LogP contribution in [0.2, 0.25) is 0 Å². The van der Waals surface area contributed by atoms with E-state index in [-0.39, 0.29) is 12.6 Å². The van der Waals surface area contributed by atoms with E-state index < -0.39 is 6.09 Å². The number of nitrogens with one attached hydrogen (secondary N) is 1.